The van der Waals surface area contributed by atoms with Crippen LogP contribution < -0.4 is 27.2 Å². The van der Waals surface area contributed by atoms with Crippen LogP contribution >= 0.6 is 11.6 Å². The van der Waals surface area contributed by atoms with Crippen molar-refractivity contribution in [3.63, 3.8) is 0 Å². The number of hydrogen-bond acceptors (Lipinski definition) is 6. The van der Waals surface area contributed by atoms with E-state index in [-0.39, 0.29) is 0 Å². The Morgan fingerprint density at radius 1 is 1.21 bits per heavy atom. The number of carbonyl (C=O) groups excluding carboxylic acids is 1. The molecular weight excluding hydrogens is 378 g/mol. The zero-order valence-electron chi connectivity index (χ0n) is 15.1. The molecule has 2 aliphatic rings. The Labute approximate surface area is 166 Å². The highest BCUT2D eigenvalue weighted by Gasteiger charge is 2.20. The number of amides is 2. The van der Waals surface area contributed by atoms with Gasteiger partial charge in [0.2, 0.25) is 0 Å². The molecular formula is C19H18ClN7O. The topological polar surface area (TPSA) is 98.3 Å². The van der Waals surface area contributed by atoms with Gasteiger partial charge >= 0.3 is 6.03 Å². The van der Waals surface area contributed by atoms with E-state index in [2.05, 4.69) is 15.8 Å². The van der Waals surface area contributed by atoms with Crippen LogP contribution in [0.4, 0.5) is 4.79 Å². The number of para-hydroxylation sites is 1. The fourth-order valence-electron chi connectivity index (χ4n) is 3.01. The first-order valence-corrected chi connectivity index (χ1v) is 8.93. The molecule has 0 aliphatic carbocycles. The molecule has 9 heteroatoms. The number of fused-ring (bicyclic) bond motifs is 1. The van der Waals surface area contributed by atoms with Crippen LogP contribution in [0.2, 0.25) is 5.02 Å². The molecule has 4 N–H and O–H groups in total. The number of amidine groups is 1. The highest BCUT2D eigenvalue weighted by atomic mass is 35.5. The van der Waals surface area contributed by atoms with E-state index in [0.29, 0.717) is 23.2 Å². The molecule has 0 unspecified atom stereocenters. The number of nitrogens with zero attached hydrogens (tertiary/aromatic N) is 4. The second-order valence-electron chi connectivity index (χ2n) is 6.30. The molecule has 0 bridgehead atoms. The summed E-state index contributed by atoms with van der Waals surface area (Å²) in [6.45, 7) is 0.603. The quantitative estimate of drug-likeness (QED) is 0.397. The number of nitrogens with two attached hydrogens (primary N) is 1. The van der Waals surface area contributed by atoms with E-state index < -0.39 is 6.03 Å². The van der Waals surface area contributed by atoms with Gasteiger partial charge in [-0.15, -0.1) is 0 Å². The summed E-state index contributed by atoms with van der Waals surface area (Å²) >= 11 is 6.28. The molecule has 2 aromatic carbocycles. The van der Waals surface area contributed by atoms with Gasteiger partial charge in [0.1, 0.15) is 6.67 Å². The van der Waals surface area contributed by atoms with Crippen LogP contribution in [0.15, 0.2) is 58.8 Å². The third-order valence-electron chi connectivity index (χ3n) is 4.33. The minimum atomic E-state index is -0.482. The maximum atomic E-state index is 12.3. The number of carbonyl (C=O) groups is 1. The molecule has 0 saturated carbocycles. The van der Waals surface area contributed by atoms with Crippen molar-refractivity contribution in [2.45, 2.75) is 0 Å². The van der Waals surface area contributed by atoms with Gasteiger partial charge in [-0.1, -0.05) is 29.8 Å². The third kappa shape index (κ3) is 3.42. The molecule has 0 fully saturated rings. The van der Waals surface area contributed by atoms with Gasteiger partial charge in [-0.2, -0.15) is 5.10 Å². The summed E-state index contributed by atoms with van der Waals surface area (Å²) in [4.78, 5) is 18.4. The summed E-state index contributed by atoms with van der Waals surface area (Å²) in [6.07, 6.45) is 3.30. The lowest BCUT2D eigenvalue weighted by Gasteiger charge is -2.15. The van der Waals surface area contributed by atoms with Crippen molar-refractivity contribution < 1.29 is 4.79 Å². The SMILES string of the molecule is CN1CNC(c2ccc(Cl)cc2C2=CN(C(=O)NN)C=c3ccccc3=N2)=N1. The Balaban J connectivity index is 1.94. The average Bonchev–Trinajstić information content (AvgIpc) is 3.03. The number of nitrogens with one attached hydrogen (secondary N) is 2. The second-order valence-corrected chi connectivity index (χ2v) is 6.74. The average molecular weight is 396 g/mol. The summed E-state index contributed by atoms with van der Waals surface area (Å²) in [5.41, 5.74) is 4.28. The van der Waals surface area contributed by atoms with Crippen LogP contribution in [0.3, 0.4) is 0 Å². The number of halogens is 1. The van der Waals surface area contributed by atoms with E-state index in [1.54, 1.807) is 29.5 Å². The van der Waals surface area contributed by atoms with E-state index in [4.69, 9.17) is 22.4 Å². The fourth-order valence-corrected chi connectivity index (χ4v) is 3.18. The van der Waals surface area contributed by atoms with Crippen LogP contribution in [-0.2, 0) is 0 Å². The van der Waals surface area contributed by atoms with Gasteiger partial charge in [0.15, 0.2) is 5.84 Å². The lowest BCUT2D eigenvalue weighted by molar-refractivity contribution is 0.229. The number of hydrogen-bond donors (Lipinski definition) is 3. The number of urea groups is 1. The molecule has 0 spiro atoms. The Morgan fingerprint density at radius 2 is 2.04 bits per heavy atom. The predicted octanol–water partition coefficient (Wildman–Crippen LogP) is 0.749. The van der Waals surface area contributed by atoms with Gasteiger partial charge in [0, 0.05) is 40.8 Å². The normalized spacial score (nSPS) is 15.4. The van der Waals surface area contributed by atoms with Gasteiger partial charge in [0.05, 0.1) is 11.1 Å². The highest BCUT2D eigenvalue weighted by molar-refractivity contribution is 6.31. The fraction of sp³-hybridized carbons (Fsp3) is 0.105. The van der Waals surface area contributed by atoms with Gasteiger partial charge in [-0.25, -0.2) is 15.6 Å². The van der Waals surface area contributed by atoms with Crippen molar-refractivity contribution >= 4 is 35.4 Å². The Kier molecular flexibility index (Phi) is 4.72. The van der Waals surface area contributed by atoms with Crippen molar-refractivity contribution in [3.8, 4) is 0 Å². The number of hydrazine groups is 1. The standard InChI is InChI=1S/C19H18ClN7O/c1-26-11-22-18(25-26)14-7-6-13(20)8-15(14)17-10-27(19(28)24-21)9-12-4-2-3-5-16(12)23-17/h2-10H,11,21H2,1H3,(H,22,25)(H,24,28). The molecule has 0 aromatic heterocycles. The molecule has 0 saturated heterocycles. The van der Waals surface area contributed by atoms with Crippen LogP contribution in [0, 0.1) is 0 Å². The monoisotopic (exact) mass is 395 g/mol. The first-order valence-electron chi connectivity index (χ1n) is 8.55. The Morgan fingerprint density at radius 3 is 2.79 bits per heavy atom. The van der Waals surface area contributed by atoms with E-state index in [1.807, 2.05) is 37.4 Å². The summed E-state index contributed by atoms with van der Waals surface area (Å²) in [5, 5.41) is 11.6. The first-order chi connectivity index (χ1) is 13.5. The van der Waals surface area contributed by atoms with Crippen LogP contribution in [0.1, 0.15) is 11.1 Å². The van der Waals surface area contributed by atoms with Gasteiger partial charge in [-0.05, 0) is 24.3 Å². The summed E-state index contributed by atoms with van der Waals surface area (Å²) in [6, 6.07) is 12.5. The van der Waals surface area contributed by atoms with Crippen molar-refractivity contribution in [3.05, 3.63) is 75.4 Å². The maximum absolute atomic E-state index is 12.3. The molecule has 4 rings (SSSR count). The van der Waals surface area contributed by atoms with Gasteiger partial charge in [0.25, 0.3) is 0 Å². The van der Waals surface area contributed by atoms with Gasteiger partial charge < -0.3 is 5.32 Å². The van der Waals surface area contributed by atoms with Crippen molar-refractivity contribution in [2.24, 2.45) is 15.9 Å². The summed E-state index contributed by atoms with van der Waals surface area (Å²) in [7, 11) is 1.88. The van der Waals surface area contributed by atoms with Crippen molar-refractivity contribution in [1.82, 2.24) is 20.7 Å². The maximum Gasteiger partial charge on any atom is 0.339 e. The zero-order chi connectivity index (χ0) is 19.7. The predicted molar refractivity (Wildman–Crippen MR) is 108 cm³/mol. The summed E-state index contributed by atoms with van der Waals surface area (Å²) < 4.78 is 0. The molecule has 2 heterocycles. The smallest absolute Gasteiger partial charge is 0.339 e. The zero-order valence-corrected chi connectivity index (χ0v) is 15.8. The third-order valence-corrected chi connectivity index (χ3v) is 4.57. The number of benzene rings is 2. The highest BCUT2D eigenvalue weighted by Crippen LogP contribution is 2.26. The van der Waals surface area contributed by atoms with E-state index in [1.165, 1.54) is 4.90 Å². The molecule has 142 valence electrons. The number of rotatable bonds is 2. The molecule has 0 radical (unpaired) electrons. The van der Waals surface area contributed by atoms with Crippen LogP contribution in [0.5, 0.6) is 0 Å². The van der Waals surface area contributed by atoms with E-state index >= 15 is 0 Å². The van der Waals surface area contributed by atoms with E-state index in [9.17, 15) is 4.79 Å². The number of hydrazone groups is 1. The minimum Gasteiger partial charge on any atom is -0.349 e. The molecule has 0 atom stereocenters. The largest absolute Gasteiger partial charge is 0.349 e. The molecule has 2 amide bonds. The molecule has 28 heavy (non-hydrogen) atoms. The first kappa shape index (κ1) is 18.0. The molecule has 8 nitrogen and oxygen atoms in total. The summed E-state index contributed by atoms with van der Waals surface area (Å²) in [5.74, 6) is 6.06. The van der Waals surface area contributed by atoms with Crippen LogP contribution in [-0.4, -0.2) is 35.5 Å². The molecule has 2 aliphatic heterocycles. The Bertz CT molecular complexity index is 1130. The van der Waals surface area contributed by atoms with Crippen molar-refractivity contribution in [2.75, 3.05) is 13.7 Å². The molecule has 2 aromatic rings. The lowest BCUT2D eigenvalue weighted by atomic mass is 10.0. The minimum absolute atomic E-state index is 0.482. The second kappa shape index (κ2) is 7.34. The van der Waals surface area contributed by atoms with Gasteiger partial charge in [-0.3, -0.25) is 15.3 Å². The van der Waals surface area contributed by atoms with E-state index in [0.717, 1.165) is 21.7 Å². The Hall–Kier alpha value is -3.36. The lowest BCUT2D eigenvalue weighted by Crippen LogP contribution is -2.39. The van der Waals surface area contributed by atoms with Crippen LogP contribution in [0.25, 0.3) is 11.9 Å². The van der Waals surface area contributed by atoms with Crippen molar-refractivity contribution in [1.29, 1.82) is 0 Å².